The second kappa shape index (κ2) is 18.3. The molecule has 4 unspecified atom stereocenters. The predicted octanol–water partition coefficient (Wildman–Crippen LogP) is 6.61. The number of nitriles is 1. The Balaban J connectivity index is 1.28. The molecule has 8 nitrogen and oxygen atoms in total. The number of aliphatic hydroxyl groups excluding tert-OH is 1. The van der Waals surface area contributed by atoms with E-state index in [4.69, 9.17) is 10.00 Å². The fourth-order valence-corrected chi connectivity index (χ4v) is 7.65. The smallest absolute Gasteiger partial charge is 0.253 e. The molecule has 48 heavy (non-hydrogen) atoms. The molecule has 258 valence electrons. The van der Waals surface area contributed by atoms with Crippen LogP contribution in [0.3, 0.4) is 0 Å². The van der Waals surface area contributed by atoms with Gasteiger partial charge in [0.15, 0.2) is 0 Å². The first-order valence-corrected chi connectivity index (χ1v) is 18.4. The van der Waals surface area contributed by atoms with E-state index in [1.165, 1.54) is 32.1 Å². The molecule has 1 heterocycles. The lowest BCUT2D eigenvalue weighted by molar-refractivity contribution is 0.00400. The first-order chi connectivity index (χ1) is 23.5. The van der Waals surface area contributed by atoms with Crippen molar-refractivity contribution in [3.8, 4) is 6.07 Å². The molecule has 1 saturated carbocycles. The van der Waals surface area contributed by atoms with E-state index in [1.54, 1.807) is 12.1 Å². The van der Waals surface area contributed by atoms with E-state index in [9.17, 15) is 14.7 Å². The standard InChI is InChI=1S/C40H54N4O4/c1-2-3-4-11-23-48-40(32-15-9-6-10-16-32)33-17-12-22-44(28-33)37-36(38(46)39(37)47)43-34(24-29-13-7-5-8-14-29)35(45)27-42-26-31-20-18-30(25-41)19-21-31/h6,9-10,15-16,18-21,29,33-35,40,42-43,45H,2-5,7-8,11-14,17,22-24,26-28H2,1H3. The van der Waals surface area contributed by atoms with Crippen LogP contribution in [0, 0.1) is 23.2 Å². The molecule has 3 N–H and O–H groups in total. The molecule has 1 aliphatic carbocycles. The number of anilines is 2. The summed E-state index contributed by atoms with van der Waals surface area (Å²) in [6, 6.07) is 19.6. The molecule has 3 aromatic carbocycles. The number of ether oxygens (including phenoxy) is 1. The molecule has 0 amide bonds. The Morgan fingerprint density at radius 2 is 1.73 bits per heavy atom. The van der Waals surface area contributed by atoms with E-state index in [0.717, 1.165) is 62.6 Å². The molecule has 1 aliphatic heterocycles. The monoisotopic (exact) mass is 654 g/mol. The average Bonchev–Trinajstić information content (AvgIpc) is 3.13. The van der Waals surface area contributed by atoms with Crippen molar-refractivity contribution >= 4 is 11.4 Å². The Labute approximate surface area is 286 Å². The minimum Gasteiger partial charge on any atom is -0.390 e. The van der Waals surface area contributed by atoms with Crippen LogP contribution in [0.25, 0.3) is 0 Å². The molecule has 0 spiro atoms. The average molecular weight is 655 g/mol. The van der Waals surface area contributed by atoms with E-state index in [-0.39, 0.29) is 18.1 Å². The summed E-state index contributed by atoms with van der Waals surface area (Å²) in [7, 11) is 0. The van der Waals surface area contributed by atoms with E-state index < -0.39 is 17.0 Å². The van der Waals surface area contributed by atoms with Gasteiger partial charge in [0.2, 0.25) is 0 Å². The number of piperidine rings is 1. The quantitative estimate of drug-likeness (QED) is 0.104. The third-order valence-electron chi connectivity index (χ3n) is 10.4. The summed E-state index contributed by atoms with van der Waals surface area (Å²) in [4.78, 5) is 28.4. The predicted molar refractivity (Wildman–Crippen MR) is 193 cm³/mol. The Morgan fingerprint density at radius 1 is 0.958 bits per heavy atom. The van der Waals surface area contributed by atoms with Crippen molar-refractivity contribution in [2.45, 2.75) is 109 Å². The number of unbranched alkanes of at least 4 members (excludes halogenated alkanes) is 3. The fourth-order valence-electron chi connectivity index (χ4n) is 7.65. The normalized spacial score (nSPS) is 19.1. The summed E-state index contributed by atoms with van der Waals surface area (Å²) in [5.74, 6) is 0.666. The third-order valence-corrected chi connectivity index (χ3v) is 10.4. The second-order valence-electron chi connectivity index (χ2n) is 14.0. The van der Waals surface area contributed by atoms with Crippen LogP contribution in [0.1, 0.15) is 107 Å². The van der Waals surface area contributed by atoms with Crippen molar-refractivity contribution in [1.29, 1.82) is 5.26 Å². The van der Waals surface area contributed by atoms with Crippen molar-refractivity contribution in [2.24, 2.45) is 11.8 Å². The van der Waals surface area contributed by atoms with Gasteiger partial charge in [-0.25, -0.2) is 0 Å². The highest BCUT2D eigenvalue weighted by molar-refractivity contribution is 5.75. The van der Waals surface area contributed by atoms with Gasteiger partial charge in [-0.05, 0) is 54.9 Å². The van der Waals surface area contributed by atoms with Gasteiger partial charge in [0.25, 0.3) is 10.9 Å². The lowest BCUT2D eigenvalue weighted by atomic mass is 9.83. The number of aliphatic hydroxyl groups is 1. The number of hydrogen-bond acceptors (Lipinski definition) is 8. The highest BCUT2D eigenvalue weighted by atomic mass is 16.5. The molecule has 5 rings (SSSR count). The van der Waals surface area contributed by atoms with Crippen LogP contribution in [0.5, 0.6) is 0 Å². The second-order valence-corrected chi connectivity index (χ2v) is 14.0. The number of rotatable bonds is 18. The maximum absolute atomic E-state index is 13.2. The van der Waals surface area contributed by atoms with Crippen LogP contribution in [0.15, 0.2) is 64.2 Å². The van der Waals surface area contributed by atoms with Gasteiger partial charge in [-0.1, -0.05) is 101 Å². The van der Waals surface area contributed by atoms with Crippen molar-refractivity contribution < 1.29 is 9.84 Å². The maximum atomic E-state index is 13.2. The van der Waals surface area contributed by atoms with Crippen molar-refractivity contribution in [3.05, 3.63) is 91.7 Å². The van der Waals surface area contributed by atoms with Gasteiger partial charge in [-0.3, -0.25) is 9.59 Å². The van der Waals surface area contributed by atoms with E-state index >= 15 is 0 Å². The highest BCUT2D eigenvalue weighted by Crippen LogP contribution is 2.36. The summed E-state index contributed by atoms with van der Waals surface area (Å²) in [6.45, 7) is 5.19. The van der Waals surface area contributed by atoms with Crippen LogP contribution in [0.2, 0.25) is 0 Å². The van der Waals surface area contributed by atoms with Crippen LogP contribution in [-0.4, -0.2) is 43.5 Å². The van der Waals surface area contributed by atoms with Crippen molar-refractivity contribution in [2.75, 3.05) is 36.5 Å². The lowest BCUT2D eigenvalue weighted by Crippen LogP contribution is -2.50. The molecule has 4 atom stereocenters. The Morgan fingerprint density at radius 3 is 2.46 bits per heavy atom. The molecule has 1 saturated heterocycles. The Hall–Kier alpha value is -3.51. The van der Waals surface area contributed by atoms with E-state index in [1.807, 2.05) is 18.2 Å². The molecular weight excluding hydrogens is 600 g/mol. The largest absolute Gasteiger partial charge is 0.390 e. The number of hydrogen-bond donors (Lipinski definition) is 3. The molecule has 8 heteroatoms. The molecule has 0 radical (unpaired) electrons. The minimum atomic E-state index is -0.750. The first-order valence-electron chi connectivity index (χ1n) is 18.4. The van der Waals surface area contributed by atoms with Gasteiger partial charge in [-0.2, -0.15) is 5.26 Å². The number of nitrogens with zero attached hydrogens (tertiary/aromatic N) is 2. The van der Waals surface area contributed by atoms with Gasteiger partial charge in [0.05, 0.1) is 29.9 Å². The van der Waals surface area contributed by atoms with Crippen LogP contribution in [0.4, 0.5) is 11.4 Å². The molecule has 0 bridgehead atoms. The molecule has 3 aromatic rings. The van der Waals surface area contributed by atoms with Gasteiger partial charge >= 0.3 is 0 Å². The first kappa shape index (κ1) is 35.8. The van der Waals surface area contributed by atoms with Crippen molar-refractivity contribution in [1.82, 2.24) is 5.32 Å². The number of nitrogens with one attached hydrogen (secondary N) is 2. The molecule has 0 aromatic heterocycles. The van der Waals surface area contributed by atoms with Gasteiger partial charge in [0.1, 0.15) is 11.4 Å². The summed E-state index contributed by atoms with van der Waals surface area (Å²) in [6.07, 6.45) is 12.3. The maximum Gasteiger partial charge on any atom is 0.253 e. The Bertz CT molecular complexity index is 1510. The zero-order valence-electron chi connectivity index (χ0n) is 28.7. The highest BCUT2D eigenvalue weighted by Gasteiger charge is 2.35. The van der Waals surface area contributed by atoms with Gasteiger partial charge < -0.3 is 25.4 Å². The summed E-state index contributed by atoms with van der Waals surface area (Å²) in [5.41, 5.74) is 2.73. The van der Waals surface area contributed by atoms with Gasteiger partial charge in [0, 0.05) is 38.7 Å². The zero-order valence-corrected chi connectivity index (χ0v) is 28.7. The van der Waals surface area contributed by atoms with E-state index in [0.29, 0.717) is 49.1 Å². The topological polar surface area (TPSA) is 115 Å². The van der Waals surface area contributed by atoms with Crippen LogP contribution < -0.4 is 26.4 Å². The molecular formula is C40H54N4O4. The summed E-state index contributed by atoms with van der Waals surface area (Å²) >= 11 is 0. The Kier molecular flexibility index (Phi) is 13.6. The number of benzene rings is 2. The van der Waals surface area contributed by atoms with Crippen LogP contribution >= 0.6 is 0 Å². The lowest BCUT2D eigenvalue weighted by Gasteiger charge is -2.40. The summed E-state index contributed by atoms with van der Waals surface area (Å²) in [5, 5.41) is 27.3. The molecule has 2 aliphatic rings. The summed E-state index contributed by atoms with van der Waals surface area (Å²) < 4.78 is 6.57. The molecule has 2 fully saturated rings. The SMILES string of the molecule is CCCCCCOC(c1ccccc1)C1CCCN(c2c(NC(CC3CCCCC3)C(O)CNCc3ccc(C#N)cc3)c(=O)c2=O)C1. The third kappa shape index (κ3) is 9.56. The van der Waals surface area contributed by atoms with Gasteiger partial charge in [-0.15, -0.1) is 0 Å². The zero-order chi connectivity index (χ0) is 33.7. The van der Waals surface area contributed by atoms with Crippen molar-refractivity contribution in [3.63, 3.8) is 0 Å². The fraction of sp³-hybridized carbons (Fsp3) is 0.575. The van der Waals surface area contributed by atoms with E-state index in [2.05, 4.69) is 52.8 Å². The van der Waals surface area contributed by atoms with Crippen LogP contribution in [-0.2, 0) is 11.3 Å². The minimum absolute atomic E-state index is 0.0680.